The lowest BCUT2D eigenvalue weighted by molar-refractivity contribution is -0.140. The average molecular weight is 359 g/mol. The summed E-state index contributed by atoms with van der Waals surface area (Å²) in [5, 5.41) is 14.2. The summed E-state index contributed by atoms with van der Waals surface area (Å²) in [6.45, 7) is 3.65. The highest BCUT2D eigenvalue weighted by atomic mass is 79.9. The summed E-state index contributed by atoms with van der Waals surface area (Å²) in [6, 6.07) is 3.63. The first-order valence-corrected chi connectivity index (χ1v) is 7.32. The van der Waals surface area contributed by atoms with Gasteiger partial charge in [0.15, 0.2) is 0 Å². The van der Waals surface area contributed by atoms with Gasteiger partial charge in [-0.2, -0.15) is 0 Å². The third kappa shape index (κ3) is 4.93. The summed E-state index contributed by atoms with van der Waals surface area (Å²) in [4.78, 5) is 23.2. The van der Waals surface area contributed by atoms with E-state index in [0.29, 0.717) is 17.9 Å². The van der Waals surface area contributed by atoms with Crippen molar-refractivity contribution in [1.82, 2.24) is 5.32 Å². The zero-order valence-corrected chi connectivity index (χ0v) is 13.7. The molecule has 6 nitrogen and oxygen atoms in total. The van der Waals surface area contributed by atoms with Crippen LogP contribution in [-0.4, -0.2) is 30.3 Å². The van der Waals surface area contributed by atoms with Crippen LogP contribution < -0.4 is 15.4 Å². The molecule has 116 valence electrons. The molecule has 2 unspecified atom stereocenters. The van der Waals surface area contributed by atoms with E-state index in [2.05, 4.69) is 26.6 Å². The highest BCUT2D eigenvalue weighted by Gasteiger charge is 2.25. The normalized spacial score (nSPS) is 13.1. The Morgan fingerprint density at radius 2 is 2.10 bits per heavy atom. The zero-order valence-electron chi connectivity index (χ0n) is 12.1. The van der Waals surface area contributed by atoms with E-state index in [0.717, 1.165) is 4.47 Å². The molecule has 0 aromatic heterocycles. The van der Waals surface area contributed by atoms with Gasteiger partial charge in [0.05, 0.1) is 12.8 Å². The largest absolute Gasteiger partial charge is 0.495 e. The van der Waals surface area contributed by atoms with E-state index in [-0.39, 0.29) is 5.92 Å². The fourth-order valence-corrected chi connectivity index (χ4v) is 2.12. The Balaban J connectivity index is 2.81. The standard InChI is InChI=1S/C14H19BrN2O4/c1-4-8(2)12(13(18)19)17-14(20)16-10-7-9(15)5-6-11(10)21-3/h5-8,12H,4H2,1-3H3,(H,18,19)(H2,16,17,20). The van der Waals surface area contributed by atoms with Gasteiger partial charge in [-0.1, -0.05) is 36.2 Å². The van der Waals surface area contributed by atoms with E-state index < -0.39 is 18.0 Å². The quantitative estimate of drug-likeness (QED) is 0.728. The Bertz CT molecular complexity index is 522. The Kier molecular flexibility index (Phi) is 6.48. The third-order valence-corrected chi connectivity index (χ3v) is 3.67. The molecule has 7 heteroatoms. The van der Waals surface area contributed by atoms with Crippen molar-refractivity contribution in [1.29, 1.82) is 0 Å². The van der Waals surface area contributed by atoms with E-state index in [4.69, 9.17) is 9.84 Å². The number of halogens is 1. The van der Waals surface area contributed by atoms with Crippen LogP contribution in [0.5, 0.6) is 5.75 Å². The minimum absolute atomic E-state index is 0.169. The van der Waals surface area contributed by atoms with Crippen LogP contribution in [0.3, 0.4) is 0 Å². The van der Waals surface area contributed by atoms with Crippen molar-refractivity contribution in [3.8, 4) is 5.75 Å². The fraction of sp³-hybridized carbons (Fsp3) is 0.429. The van der Waals surface area contributed by atoms with Gasteiger partial charge in [0.25, 0.3) is 0 Å². The molecule has 3 N–H and O–H groups in total. The lowest BCUT2D eigenvalue weighted by Crippen LogP contribution is -2.46. The molecule has 21 heavy (non-hydrogen) atoms. The molecule has 0 spiro atoms. The molecule has 0 saturated heterocycles. The Morgan fingerprint density at radius 1 is 1.43 bits per heavy atom. The van der Waals surface area contributed by atoms with Gasteiger partial charge >= 0.3 is 12.0 Å². The van der Waals surface area contributed by atoms with E-state index in [1.165, 1.54) is 7.11 Å². The number of benzene rings is 1. The Morgan fingerprint density at radius 3 is 2.62 bits per heavy atom. The molecular formula is C14H19BrN2O4. The number of rotatable bonds is 6. The summed E-state index contributed by atoms with van der Waals surface area (Å²) in [5.74, 6) is -0.734. The van der Waals surface area contributed by atoms with E-state index in [1.807, 2.05) is 6.92 Å². The van der Waals surface area contributed by atoms with Crippen LogP contribution in [-0.2, 0) is 4.79 Å². The van der Waals surface area contributed by atoms with Crippen LogP contribution in [0.4, 0.5) is 10.5 Å². The maximum atomic E-state index is 12.0. The van der Waals surface area contributed by atoms with Gasteiger partial charge in [-0.05, 0) is 24.1 Å². The number of urea groups is 1. The third-order valence-electron chi connectivity index (χ3n) is 3.18. The van der Waals surface area contributed by atoms with Crippen molar-refractivity contribution in [2.45, 2.75) is 26.3 Å². The zero-order chi connectivity index (χ0) is 16.0. The van der Waals surface area contributed by atoms with E-state index in [9.17, 15) is 9.59 Å². The van der Waals surface area contributed by atoms with Gasteiger partial charge < -0.3 is 20.5 Å². The molecule has 1 aromatic rings. The number of nitrogens with one attached hydrogen (secondary N) is 2. The monoisotopic (exact) mass is 358 g/mol. The summed E-state index contributed by atoms with van der Waals surface area (Å²) in [5.41, 5.74) is 0.456. The molecule has 0 saturated carbocycles. The number of ether oxygens (including phenoxy) is 1. The molecule has 0 aliphatic rings. The van der Waals surface area contributed by atoms with Crippen molar-refractivity contribution in [3.05, 3.63) is 22.7 Å². The van der Waals surface area contributed by atoms with E-state index >= 15 is 0 Å². The number of anilines is 1. The Labute approximate surface area is 132 Å². The number of amides is 2. The van der Waals surface area contributed by atoms with Gasteiger partial charge in [-0.25, -0.2) is 9.59 Å². The minimum Gasteiger partial charge on any atom is -0.495 e. The molecule has 0 aliphatic carbocycles. The molecule has 2 amide bonds. The minimum atomic E-state index is -1.05. The molecule has 0 bridgehead atoms. The van der Waals surface area contributed by atoms with Crippen molar-refractivity contribution in [3.63, 3.8) is 0 Å². The first kappa shape index (κ1) is 17.3. The first-order valence-electron chi connectivity index (χ1n) is 6.52. The highest BCUT2D eigenvalue weighted by Crippen LogP contribution is 2.27. The number of carboxylic acid groups (broad SMARTS) is 1. The predicted molar refractivity (Wildman–Crippen MR) is 83.7 cm³/mol. The second-order valence-corrected chi connectivity index (χ2v) is 5.56. The maximum absolute atomic E-state index is 12.0. The highest BCUT2D eigenvalue weighted by molar-refractivity contribution is 9.10. The SMILES string of the molecule is CCC(C)C(NC(=O)Nc1cc(Br)ccc1OC)C(=O)O. The Hall–Kier alpha value is -1.76. The van der Waals surface area contributed by atoms with Crippen LogP contribution in [0.25, 0.3) is 0 Å². The van der Waals surface area contributed by atoms with Crippen molar-refractivity contribution in [2.24, 2.45) is 5.92 Å². The summed E-state index contributed by atoms with van der Waals surface area (Å²) >= 11 is 3.30. The first-order chi connectivity index (χ1) is 9.88. The second kappa shape index (κ2) is 7.87. The maximum Gasteiger partial charge on any atom is 0.326 e. The fourth-order valence-electron chi connectivity index (χ4n) is 1.76. The van der Waals surface area contributed by atoms with Crippen LogP contribution in [0.2, 0.25) is 0 Å². The van der Waals surface area contributed by atoms with E-state index in [1.54, 1.807) is 25.1 Å². The van der Waals surface area contributed by atoms with Crippen LogP contribution in [0.1, 0.15) is 20.3 Å². The van der Waals surface area contributed by atoms with Gasteiger partial charge in [0.1, 0.15) is 11.8 Å². The van der Waals surface area contributed by atoms with Gasteiger partial charge in [0, 0.05) is 4.47 Å². The molecule has 0 fully saturated rings. The molecule has 0 aliphatic heterocycles. The topological polar surface area (TPSA) is 87.7 Å². The number of aliphatic carboxylic acids is 1. The number of carbonyl (C=O) groups excluding carboxylic acids is 1. The summed E-state index contributed by atoms with van der Waals surface area (Å²) in [6.07, 6.45) is 0.650. The lowest BCUT2D eigenvalue weighted by atomic mass is 9.99. The number of carboxylic acids is 1. The molecule has 1 rings (SSSR count). The molecule has 0 radical (unpaired) electrons. The van der Waals surface area contributed by atoms with Gasteiger partial charge in [0.2, 0.25) is 0 Å². The second-order valence-electron chi connectivity index (χ2n) is 4.64. The molecule has 2 atom stereocenters. The number of hydrogen-bond donors (Lipinski definition) is 3. The summed E-state index contributed by atoms with van der Waals surface area (Å²) in [7, 11) is 1.49. The smallest absolute Gasteiger partial charge is 0.326 e. The molecule has 1 aromatic carbocycles. The van der Waals surface area contributed by atoms with Crippen molar-refractivity contribution < 1.29 is 19.4 Å². The lowest BCUT2D eigenvalue weighted by Gasteiger charge is -2.20. The van der Waals surface area contributed by atoms with Gasteiger partial charge in [-0.15, -0.1) is 0 Å². The van der Waals surface area contributed by atoms with Crippen LogP contribution in [0, 0.1) is 5.92 Å². The number of methoxy groups -OCH3 is 1. The average Bonchev–Trinajstić information content (AvgIpc) is 2.44. The van der Waals surface area contributed by atoms with Crippen molar-refractivity contribution in [2.75, 3.05) is 12.4 Å². The van der Waals surface area contributed by atoms with Crippen LogP contribution in [0.15, 0.2) is 22.7 Å². The number of carbonyl (C=O) groups is 2. The predicted octanol–water partition coefficient (Wildman–Crippen LogP) is 3.08. The van der Waals surface area contributed by atoms with Gasteiger partial charge in [-0.3, -0.25) is 0 Å². The summed E-state index contributed by atoms with van der Waals surface area (Å²) < 4.78 is 5.92. The molecular weight excluding hydrogens is 340 g/mol. The molecule has 0 heterocycles. The van der Waals surface area contributed by atoms with Crippen LogP contribution >= 0.6 is 15.9 Å². The number of hydrogen-bond acceptors (Lipinski definition) is 3. The van der Waals surface area contributed by atoms with Crippen molar-refractivity contribution >= 4 is 33.6 Å².